The molecule has 0 spiro atoms. The number of hydrogen-bond donors (Lipinski definition) is 1. The summed E-state index contributed by atoms with van der Waals surface area (Å²) >= 11 is 0. The summed E-state index contributed by atoms with van der Waals surface area (Å²) in [6.45, 7) is 3.09. The first kappa shape index (κ1) is 17.9. The second-order valence-corrected chi connectivity index (χ2v) is 7.75. The van der Waals surface area contributed by atoms with Gasteiger partial charge in [0.05, 0.1) is 18.6 Å². The van der Waals surface area contributed by atoms with Crippen LogP contribution in [0.4, 0.5) is 0 Å². The van der Waals surface area contributed by atoms with Crippen molar-refractivity contribution in [3.8, 4) is 0 Å². The Morgan fingerprint density at radius 2 is 1.83 bits per heavy atom. The molecule has 1 aliphatic rings. The highest BCUT2D eigenvalue weighted by Crippen LogP contribution is 2.22. The summed E-state index contributed by atoms with van der Waals surface area (Å²) in [4.78, 5) is 6.02. The number of aromatic nitrogens is 5. The molecule has 0 saturated carbocycles. The zero-order valence-electron chi connectivity index (χ0n) is 16.4. The molecule has 0 unspecified atom stereocenters. The van der Waals surface area contributed by atoms with Crippen LogP contribution in [0.25, 0.3) is 10.9 Å². The first-order valence-electron chi connectivity index (χ1n) is 10.4. The molecule has 3 heterocycles. The Bertz CT molecular complexity index is 1080. The van der Waals surface area contributed by atoms with Gasteiger partial charge in [0.1, 0.15) is 0 Å². The van der Waals surface area contributed by atoms with Gasteiger partial charge < -0.3 is 4.90 Å². The third-order valence-electron chi connectivity index (χ3n) is 5.89. The summed E-state index contributed by atoms with van der Waals surface area (Å²) in [5.74, 6) is 0.959. The molecule has 4 aromatic rings. The van der Waals surface area contributed by atoms with Gasteiger partial charge in [0.2, 0.25) is 5.82 Å². The molecule has 0 amide bonds. The summed E-state index contributed by atoms with van der Waals surface area (Å²) in [5.41, 5.74) is 3.59. The van der Waals surface area contributed by atoms with Crippen LogP contribution in [-0.2, 0) is 13.0 Å². The number of hydrogen-bond acceptors (Lipinski definition) is 4. The summed E-state index contributed by atoms with van der Waals surface area (Å²) in [6.07, 6.45) is 5.27. The van der Waals surface area contributed by atoms with Crippen LogP contribution in [0.5, 0.6) is 0 Å². The van der Waals surface area contributed by atoms with E-state index in [2.05, 4.69) is 69.0 Å². The fraction of sp³-hybridized carbons (Fsp3) is 0.304. The zero-order valence-corrected chi connectivity index (χ0v) is 16.4. The predicted octanol–water partition coefficient (Wildman–Crippen LogP) is 2.23. The summed E-state index contributed by atoms with van der Waals surface area (Å²) in [5, 5.41) is 14.1. The van der Waals surface area contributed by atoms with E-state index in [-0.39, 0.29) is 6.04 Å². The van der Waals surface area contributed by atoms with Gasteiger partial charge in [-0.15, -0.1) is 5.10 Å². The van der Waals surface area contributed by atoms with Crippen molar-refractivity contribution < 1.29 is 4.90 Å². The van der Waals surface area contributed by atoms with Gasteiger partial charge in [0.25, 0.3) is 0 Å². The van der Waals surface area contributed by atoms with Crippen LogP contribution in [0.1, 0.15) is 35.8 Å². The number of likely N-dealkylation sites (tertiary alicyclic amines) is 1. The lowest BCUT2D eigenvalue weighted by Crippen LogP contribution is -3.10. The highest BCUT2D eigenvalue weighted by Gasteiger charge is 2.33. The monoisotopic (exact) mass is 385 g/mol. The minimum absolute atomic E-state index is 0.146. The number of quaternary nitrogens is 1. The van der Waals surface area contributed by atoms with Crippen molar-refractivity contribution in [2.75, 3.05) is 13.1 Å². The zero-order chi connectivity index (χ0) is 19.5. The van der Waals surface area contributed by atoms with Crippen molar-refractivity contribution in [3.63, 3.8) is 0 Å². The Morgan fingerprint density at radius 3 is 2.69 bits per heavy atom. The van der Waals surface area contributed by atoms with Crippen LogP contribution in [0, 0.1) is 0 Å². The van der Waals surface area contributed by atoms with Crippen LogP contribution in [0.2, 0.25) is 0 Å². The first-order valence-corrected chi connectivity index (χ1v) is 10.4. The van der Waals surface area contributed by atoms with Gasteiger partial charge in [-0.05, 0) is 40.6 Å². The van der Waals surface area contributed by atoms with E-state index in [1.54, 1.807) is 4.90 Å². The normalized spacial score (nSPS) is 15.7. The van der Waals surface area contributed by atoms with E-state index in [1.807, 2.05) is 23.0 Å². The van der Waals surface area contributed by atoms with E-state index in [9.17, 15) is 0 Å². The number of benzene rings is 2. The van der Waals surface area contributed by atoms with Crippen molar-refractivity contribution in [1.82, 2.24) is 25.2 Å². The third kappa shape index (κ3) is 3.76. The Balaban J connectivity index is 1.49. The number of nitrogens with one attached hydrogen (secondary N) is 1. The van der Waals surface area contributed by atoms with Gasteiger partial charge in [0.15, 0.2) is 6.04 Å². The average molecular weight is 385 g/mol. The van der Waals surface area contributed by atoms with Crippen molar-refractivity contribution >= 4 is 10.9 Å². The lowest BCUT2D eigenvalue weighted by Gasteiger charge is -2.24. The predicted molar refractivity (Wildman–Crippen MR) is 111 cm³/mol. The van der Waals surface area contributed by atoms with Gasteiger partial charge in [-0.3, -0.25) is 4.98 Å². The second-order valence-electron chi connectivity index (χ2n) is 7.75. The Kier molecular flexibility index (Phi) is 5.01. The van der Waals surface area contributed by atoms with Crippen LogP contribution in [0.15, 0.2) is 66.9 Å². The van der Waals surface area contributed by atoms with Crippen LogP contribution in [-0.4, -0.2) is 38.3 Å². The molecule has 0 aliphatic carbocycles. The van der Waals surface area contributed by atoms with Crippen molar-refractivity contribution in [2.24, 2.45) is 0 Å². The summed E-state index contributed by atoms with van der Waals surface area (Å²) < 4.78 is 2.00. The van der Waals surface area contributed by atoms with E-state index in [1.165, 1.54) is 24.0 Å². The van der Waals surface area contributed by atoms with Gasteiger partial charge in [-0.25, -0.2) is 4.68 Å². The number of pyridine rings is 1. The molecule has 6 heteroatoms. The van der Waals surface area contributed by atoms with Crippen molar-refractivity contribution in [3.05, 3.63) is 83.8 Å². The standard InChI is InChI=1S/C23H24N6/c1-2-7-18(8-3-1)12-16-29-23(25-26-27-29)22(28-14-4-5-15-28)20-10-11-21-19(17-20)9-6-13-24-21/h1-3,6-11,13,17,22H,4-5,12,14-16H2/p+1/t22-/m0/s1. The van der Waals surface area contributed by atoms with E-state index in [0.717, 1.165) is 42.8 Å². The average Bonchev–Trinajstić information content (AvgIpc) is 3.46. The highest BCUT2D eigenvalue weighted by molar-refractivity contribution is 5.79. The molecule has 5 rings (SSSR count). The smallest absolute Gasteiger partial charge is 0.214 e. The van der Waals surface area contributed by atoms with Crippen molar-refractivity contribution in [2.45, 2.75) is 31.8 Å². The molecule has 1 N–H and O–H groups in total. The molecule has 1 aliphatic heterocycles. The molecular weight excluding hydrogens is 360 g/mol. The fourth-order valence-electron chi connectivity index (χ4n) is 4.42. The minimum Gasteiger partial charge on any atom is -0.322 e. The van der Waals surface area contributed by atoms with Gasteiger partial charge in [0, 0.05) is 36.5 Å². The molecule has 1 fully saturated rings. The maximum atomic E-state index is 4.50. The number of tetrazole rings is 1. The second kappa shape index (κ2) is 8.09. The molecule has 1 saturated heterocycles. The molecule has 2 aromatic heterocycles. The first-order chi connectivity index (χ1) is 14.4. The lowest BCUT2D eigenvalue weighted by atomic mass is 10.0. The quantitative estimate of drug-likeness (QED) is 0.553. The third-order valence-corrected chi connectivity index (χ3v) is 5.89. The Labute approximate surface area is 170 Å². The van der Waals surface area contributed by atoms with E-state index in [0.29, 0.717) is 0 Å². The topological polar surface area (TPSA) is 60.9 Å². The molecule has 0 bridgehead atoms. The van der Waals surface area contributed by atoms with Crippen LogP contribution >= 0.6 is 0 Å². The van der Waals surface area contributed by atoms with E-state index < -0.39 is 0 Å². The van der Waals surface area contributed by atoms with E-state index in [4.69, 9.17) is 0 Å². The number of fused-ring (bicyclic) bond motifs is 1. The minimum atomic E-state index is 0.146. The van der Waals surface area contributed by atoms with Crippen molar-refractivity contribution in [1.29, 1.82) is 0 Å². The SMILES string of the molecule is c1ccc(CCn2nnnc2[C@H](c2ccc3ncccc3c2)[NH+]2CCCC2)cc1. The van der Waals surface area contributed by atoms with Crippen LogP contribution < -0.4 is 4.90 Å². The fourth-order valence-corrected chi connectivity index (χ4v) is 4.42. The highest BCUT2D eigenvalue weighted by atomic mass is 15.5. The van der Waals surface area contributed by atoms with Gasteiger partial charge in [-0.2, -0.15) is 0 Å². The van der Waals surface area contributed by atoms with E-state index >= 15 is 0 Å². The number of aryl methyl sites for hydroxylation is 2. The maximum Gasteiger partial charge on any atom is 0.214 e. The molecule has 0 radical (unpaired) electrons. The molecule has 2 aromatic carbocycles. The van der Waals surface area contributed by atoms with Crippen LogP contribution in [0.3, 0.4) is 0 Å². The summed E-state index contributed by atoms with van der Waals surface area (Å²) in [6, 6.07) is 21.4. The molecule has 146 valence electrons. The summed E-state index contributed by atoms with van der Waals surface area (Å²) in [7, 11) is 0. The Morgan fingerprint density at radius 1 is 0.966 bits per heavy atom. The molecule has 1 atom stereocenters. The maximum absolute atomic E-state index is 4.50. The lowest BCUT2D eigenvalue weighted by molar-refractivity contribution is -0.914. The molecule has 6 nitrogen and oxygen atoms in total. The number of nitrogens with zero attached hydrogens (tertiary/aromatic N) is 5. The largest absolute Gasteiger partial charge is 0.322 e. The van der Waals surface area contributed by atoms with Gasteiger partial charge >= 0.3 is 0 Å². The molecule has 29 heavy (non-hydrogen) atoms. The molecular formula is C23H25N6+. The Hall–Kier alpha value is -3.12. The van der Waals surface area contributed by atoms with Gasteiger partial charge in [-0.1, -0.05) is 42.5 Å². The number of rotatable bonds is 6.